The number of halogens is 1. The number of aryl methyl sites for hydroxylation is 1. The van der Waals surface area contributed by atoms with Gasteiger partial charge in [0.2, 0.25) is 0 Å². The van der Waals surface area contributed by atoms with E-state index in [2.05, 4.69) is 14.9 Å². The number of aromatic nitrogens is 2. The minimum Gasteiger partial charge on any atom is -0.284 e. The predicted octanol–water partition coefficient (Wildman–Crippen LogP) is 2.17. The van der Waals surface area contributed by atoms with E-state index in [0.29, 0.717) is 16.3 Å². The Hall–Kier alpha value is -1.53. The normalized spacial score (nSPS) is 11.4. The highest BCUT2D eigenvalue weighted by molar-refractivity contribution is 7.92. The fourth-order valence-electron chi connectivity index (χ4n) is 1.38. The van der Waals surface area contributed by atoms with E-state index in [4.69, 9.17) is 11.6 Å². The van der Waals surface area contributed by atoms with Crippen LogP contribution in [0.3, 0.4) is 0 Å². The van der Waals surface area contributed by atoms with Crippen molar-refractivity contribution in [3.8, 4) is 0 Å². The minimum atomic E-state index is -3.63. The number of nitrogens with one attached hydrogen (secondary N) is 2. The molecule has 0 saturated heterocycles. The highest BCUT2D eigenvalue weighted by Gasteiger charge is 2.17. The first-order valence-electron chi connectivity index (χ1n) is 4.77. The molecule has 0 saturated carbocycles. The second-order valence-electron chi connectivity index (χ2n) is 3.50. The third-order valence-electron chi connectivity index (χ3n) is 2.19. The van der Waals surface area contributed by atoms with Crippen LogP contribution in [0.15, 0.2) is 35.5 Å². The van der Waals surface area contributed by atoms with E-state index in [0.717, 1.165) is 0 Å². The largest absolute Gasteiger partial charge is 0.284 e. The number of rotatable bonds is 3. The van der Waals surface area contributed by atoms with Crippen molar-refractivity contribution >= 4 is 27.3 Å². The molecule has 90 valence electrons. The van der Waals surface area contributed by atoms with Gasteiger partial charge in [0, 0.05) is 11.2 Å². The van der Waals surface area contributed by atoms with E-state index in [1.165, 1.54) is 18.5 Å². The van der Waals surface area contributed by atoms with Crippen LogP contribution in [-0.2, 0) is 10.0 Å². The van der Waals surface area contributed by atoms with Gasteiger partial charge < -0.3 is 0 Å². The van der Waals surface area contributed by atoms with Crippen LogP contribution in [0.25, 0.3) is 0 Å². The van der Waals surface area contributed by atoms with Gasteiger partial charge in [-0.1, -0.05) is 17.7 Å². The maximum atomic E-state index is 12.1. The molecule has 17 heavy (non-hydrogen) atoms. The average molecular weight is 272 g/mol. The summed E-state index contributed by atoms with van der Waals surface area (Å²) in [7, 11) is -3.63. The lowest BCUT2D eigenvalue weighted by Crippen LogP contribution is -2.13. The van der Waals surface area contributed by atoms with E-state index in [-0.39, 0.29) is 4.90 Å². The quantitative estimate of drug-likeness (QED) is 0.898. The molecule has 0 aliphatic rings. The molecule has 0 radical (unpaired) electrons. The summed E-state index contributed by atoms with van der Waals surface area (Å²) in [6, 6.07) is 4.72. The van der Waals surface area contributed by atoms with E-state index in [1.54, 1.807) is 19.1 Å². The van der Waals surface area contributed by atoms with Crippen molar-refractivity contribution in [3.05, 3.63) is 41.2 Å². The number of nitrogens with zero attached hydrogens (tertiary/aromatic N) is 1. The molecule has 7 heteroatoms. The Morgan fingerprint density at radius 2 is 2.18 bits per heavy atom. The first kappa shape index (κ1) is 11.9. The molecule has 0 aliphatic carbocycles. The number of benzene rings is 1. The molecule has 2 rings (SSSR count). The summed E-state index contributed by atoms with van der Waals surface area (Å²) in [6.45, 7) is 1.71. The predicted molar refractivity (Wildman–Crippen MR) is 65.6 cm³/mol. The van der Waals surface area contributed by atoms with E-state index in [1.807, 2.05) is 0 Å². The second-order valence-corrected chi connectivity index (χ2v) is 5.59. The Morgan fingerprint density at radius 3 is 2.82 bits per heavy atom. The smallest absolute Gasteiger partial charge is 0.262 e. The Labute approximate surface area is 104 Å². The molecule has 0 aliphatic heterocycles. The third-order valence-corrected chi connectivity index (χ3v) is 3.95. The van der Waals surface area contributed by atoms with Crippen molar-refractivity contribution in [2.45, 2.75) is 11.8 Å². The standard InChI is InChI=1S/C10H10ClN3O2S/c1-7-2-3-8(11)4-10(7)17(15,16)14-9-5-12-13-6-9/h2-6,14H,1H3,(H,12,13). The van der Waals surface area contributed by atoms with Crippen molar-refractivity contribution in [1.29, 1.82) is 0 Å². The average Bonchev–Trinajstić information content (AvgIpc) is 2.73. The van der Waals surface area contributed by atoms with Gasteiger partial charge in [0.25, 0.3) is 10.0 Å². The van der Waals surface area contributed by atoms with Gasteiger partial charge in [0.05, 0.1) is 16.8 Å². The van der Waals surface area contributed by atoms with Gasteiger partial charge in [-0.15, -0.1) is 0 Å². The number of H-pyrrole nitrogens is 1. The molecule has 1 aromatic carbocycles. The number of anilines is 1. The fraction of sp³-hybridized carbons (Fsp3) is 0.100. The molecule has 0 fully saturated rings. The summed E-state index contributed by atoms with van der Waals surface area (Å²) in [4.78, 5) is 0.159. The first-order chi connectivity index (χ1) is 7.99. The molecule has 5 nitrogen and oxygen atoms in total. The number of hydrogen-bond acceptors (Lipinski definition) is 3. The summed E-state index contributed by atoms with van der Waals surface area (Å²) in [5.41, 5.74) is 1.01. The summed E-state index contributed by atoms with van der Waals surface area (Å²) in [5.74, 6) is 0. The fourth-order valence-corrected chi connectivity index (χ4v) is 2.92. The lowest BCUT2D eigenvalue weighted by atomic mass is 10.2. The van der Waals surface area contributed by atoms with Crippen LogP contribution in [0.2, 0.25) is 5.02 Å². The number of hydrogen-bond donors (Lipinski definition) is 2. The van der Waals surface area contributed by atoms with Crippen LogP contribution in [-0.4, -0.2) is 18.6 Å². The van der Waals surface area contributed by atoms with Gasteiger partial charge in [-0.2, -0.15) is 5.10 Å². The molecular weight excluding hydrogens is 262 g/mol. The molecule has 2 N–H and O–H groups in total. The van der Waals surface area contributed by atoms with Crippen molar-refractivity contribution in [1.82, 2.24) is 10.2 Å². The monoisotopic (exact) mass is 271 g/mol. The zero-order valence-corrected chi connectivity index (χ0v) is 10.5. The van der Waals surface area contributed by atoms with Crippen LogP contribution in [0.4, 0.5) is 5.69 Å². The van der Waals surface area contributed by atoms with Crippen molar-refractivity contribution in [2.75, 3.05) is 4.72 Å². The van der Waals surface area contributed by atoms with Crippen LogP contribution in [0.5, 0.6) is 0 Å². The molecule has 2 aromatic rings. The summed E-state index contributed by atoms with van der Waals surface area (Å²) < 4.78 is 26.5. The number of sulfonamides is 1. The summed E-state index contributed by atoms with van der Waals surface area (Å²) in [6.07, 6.45) is 2.84. The van der Waals surface area contributed by atoms with Crippen molar-refractivity contribution < 1.29 is 8.42 Å². The third kappa shape index (κ3) is 2.59. The summed E-state index contributed by atoms with van der Waals surface area (Å²) in [5, 5.41) is 6.57. The van der Waals surface area contributed by atoms with E-state index in [9.17, 15) is 8.42 Å². The topological polar surface area (TPSA) is 74.8 Å². The molecule has 1 heterocycles. The molecule has 0 bridgehead atoms. The van der Waals surface area contributed by atoms with Crippen molar-refractivity contribution in [2.24, 2.45) is 0 Å². The molecular formula is C10H10ClN3O2S. The van der Waals surface area contributed by atoms with Gasteiger partial charge in [-0.05, 0) is 24.6 Å². The SMILES string of the molecule is Cc1ccc(Cl)cc1S(=O)(=O)Nc1cn[nH]c1. The Kier molecular flexibility index (Phi) is 3.08. The molecule has 0 spiro atoms. The first-order valence-corrected chi connectivity index (χ1v) is 6.63. The maximum absolute atomic E-state index is 12.1. The zero-order chi connectivity index (χ0) is 12.5. The lowest BCUT2D eigenvalue weighted by Gasteiger charge is -2.08. The highest BCUT2D eigenvalue weighted by atomic mass is 35.5. The molecule has 0 unspecified atom stereocenters. The molecule has 0 amide bonds. The minimum absolute atomic E-state index is 0.159. The molecule has 1 aromatic heterocycles. The second kappa shape index (κ2) is 4.38. The Bertz CT molecular complexity index is 623. The number of aromatic amines is 1. The zero-order valence-electron chi connectivity index (χ0n) is 8.94. The van der Waals surface area contributed by atoms with Crippen LogP contribution < -0.4 is 4.72 Å². The van der Waals surface area contributed by atoms with Gasteiger partial charge in [0.1, 0.15) is 0 Å². The summed E-state index contributed by atoms with van der Waals surface area (Å²) >= 11 is 5.79. The highest BCUT2D eigenvalue weighted by Crippen LogP contribution is 2.22. The van der Waals surface area contributed by atoms with Crippen LogP contribution in [0, 0.1) is 6.92 Å². The van der Waals surface area contributed by atoms with Crippen LogP contribution >= 0.6 is 11.6 Å². The van der Waals surface area contributed by atoms with Gasteiger partial charge in [-0.25, -0.2) is 8.42 Å². The molecule has 0 atom stereocenters. The lowest BCUT2D eigenvalue weighted by molar-refractivity contribution is 0.600. The van der Waals surface area contributed by atoms with Gasteiger partial charge >= 0.3 is 0 Å². The van der Waals surface area contributed by atoms with E-state index < -0.39 is 10.0 Å². The van der Waals surface area contributed by atoms with E-state index >= 15 is 0 Å². The van der Waals surface area contributed by atoms with Gasteiger partial charge in [-0.3, -0.25) is 9.82 Å². The maximum Gasteiger partial charge on any atom is 0.262 e. The van der Waals surface area contributed by atoms with Crippen molar-refractivity contribution in [3.63, 3.8) is 0 Å². The van der Waals surface area contributed by atoms with Gasteiger partial charge in [0.15, 0.2) is 0 Å². The Balaban J connectivity index is 2.41. The van der Waals surface area contributed by atoms with Crippen LogP contribution in [0.1, 0.15) is 5.56 Å². The Morgan fingerprint density at radius 1 is 1.41 bits per heavy atom.